The fourth-order valence-corrected chi connectivity index (χ4v) is 4.63. The van der Waals surface area contributed by atoms with Crippen LogP contribution in [0.15, 0.2) is 65.2 Å². The zero-order chi connectivity index (χ0) is 22.6. The average molecular weight is 426 g/mol. The van der Waals surface area contributed by atoms with Crippen LogP contribution in [0, 0.1) is 11.2 Å². The molecule has 0 amide bonds. The van der Waals surface area contributed by atoms with E-state index in [9.17, 15) is 0 Å². The van der Waals surface area contributed by atoms with Gasteiger partial charge in [-0.1, -0.05) is 71.0 Å². The van der Waals surface area contributed by atoms with Crippen LogP contribution in [-0.4, -0.2) is 4.98 Å². The van der Waals surface area contributed by atoms with Crippen LogP contribution < -0.4 is 0 Å². The van der Waals surface area contributed by atoms with Crippen molar-refractivity contribution in [1.82, 2.24) is 4.98 Å². The van der Waals surface area contributed by atoms with Gasteiger partial charge in [-0.2, -0.15) is 0 Å². The Balaban J connectivity index is 1.87. The van der Waals surface area contributed by atoms with Crippen molar-refractivity contribution in [3.05, 3.63) is 77.7 Å². The van der Waals surface area contributed by atoms with Crippen LogP contribution in [0.25, 0.3) is 44.0 Å². The minimum atomic E-state index is -0.274. The number of halogens is 1. The van der Waals surface area contributed by atoms with Gasteiger partial charge in [-0.25, -0.2) is 4.39 Å². The fourth-order valence-electron chi connectivity index (χ4n) is 4.63. The summed E-state index contributed by atoms with van der Waals surface area (Å²) < 4.78 is 21.4. The summed E-state index contributed by atoms with van der Waals surface area (Å²) in [7, 11) is 0. The molecule has 0 aliphatic heterocycles. The number of hydrogen-bond acceptors (Lipinski definition) is 2. The molecule has 0 spiro atoms. The average Bonchev–Trinajstić information content (AvgIpc) is 3.11. The van der Waals surface area contributed by atoms with E-state index in [0.29, 0.717) is 11.3 Å². The predicted octanol–water partition coefficient (Wildman–Crippen LogP) is 8.65. The molecule has 0 bridgehead atoms. The molecule has 5 aromatic rings. The second kappa shape index (κ2) is 7.44. The van der Waals surface area contributed by atoms with Crippen LogP contribution in [0.4, 0.5) is 4.39 Å². The Morgan fingerprint density at radius 2 is 1.69 bits per heavy atom. The summed E-state index contributed by atoms with van der Waals surface area (Å²) in [4.78, 5) is 4.60. The van der Waals surface area contributed by atoms with Gasteiger partial charge >= 0.3 is 0 Å². The molecule has 32 heavy (non-hydrogen) atoms. The van der Waals surface area contributed by atoms with Crippen LogP contribution in [-0.2, 0) is 6.42 Å². The molecule has 2 aromatic heterocycles. The van der Waals surface area contributed by atoms with Gasteiger partial charge in [-0.3, -0.25) is 4.98 Å². The molecule has 3 aromatic carbocycles. The third kappa shape index (κ3) is 3.46. The van der Waals surface area contributed by atoms with E-state index >= 15 is 4.39 Å². The summed E-state index contributed by atoms with van der Waals surface area (Å²) in [5.41, 5.74) is 5.61. The first-order chi connectivity index (χ1) is 15.2. The normalized spacial score (nSPS) is 12.5. The molecule has 0 saturated heterocycles. The quantitative estimate of drug-likeness (QED) is 0.289. The molecule has 0 N–H and O–H groups in total. The number of para-hydroxylation sites is 1. The van der Waals surface area contributed by atoms with E-state index in [1.807, 2.05) is 36.4 Å². The molecule has 0 fully saturated rings. The third-order valence-corrected chi connectivity index (χ3v) is 6.09. The number of hydrogen-bond donors (Lipinski definition) is 0. The van der Waals surface area contributed by atoms with E-state index in [2.05, 4.69) is 57.8 Å². The van der Waals surface area contributed by atoms with Gasteiger partial charge in [-0.05, 0) is 47.1 Å². The third-order valence-electron chi connectivity index (χ3n) is 6.09. The highest BCUT2D eigenvalue weighted by molar-refractivity contribution is 6.12. The van der Waals surface area contributed by atoms with E-state index in [4.69, 9.17) is 4.42 Å². The number of furan rings is 1. The highest BCUT2D eigenvalue weighted by atomic mass is 19.1. The fraction of sp³-hybridized carbons (Fsp3) is 0.276. The molecule has 2 nitrogen and oxygen atoms in total. The molecular weight excluding hydrogens is 397 g/mol. The zero-order valence-electron chi connectivity index (χ0n) is 19.3. The maximum absolute atomic E-state index is 15.1. The summed E-state index contributed by atoms with van der Waals surface area (Å²) in [6.45, 7) is 10.9. The first-order valence-corrected chi connectivity index (χ1v) is 11.2. The van der Waals surface area contributed by atoms with Crippen molar-refractivity contribution < 1.29 is 8.81 Å². The van der Waals surface area contributed by atoms with E-state index in [-0.39, 0.29) is 11.2 Å². The Labute approximate surface area is 188 Å². The van der Waals surface area contributed by atoms with Crippen molar-refractivity contribution in [2.45, 2.75) is 47.0 Å². The molecule has 0 saturated carbocycles. The van der Waals surface area contributed by atoms with Crippen LogP contribution in [0.5, 0.6) is 0 Å². The summed E-state index contributed by atoms with van der Waals surface area (Å²) in [6.07, 6.45) is 2.15. The number of nitrogens with zero attached hydrogens (tertiary/aromatic N) is 1. The Morgan fingerprint density at radius 3 is 2.44 bits per heavy atom. The molecule has 2 heterocycles. The van der Waals surface area contributed by atoms with Crippen LogP contribution in [0.3, 0.4) is 0 Å². The van der Waals surface area contributed by atoms with Gasteiger partial charge in [0.25, 0.3) is 0 Å². The molecule has 0 atom stereocenters. The molecule has 0 aliphatic rings. The van der Waals surface area contributed by atoms with E-state index in [1.54, 1.807) is 0 Å². The van der Waals surface area contributed by atoms with Crippen molar-refractivity contribution in [3.8, 4) is 11.3 Å². The molecular formula is C29H28FNO. The number of benzene rings is 3. The first kappa shape index (κ1) is 20.7. The molecule has 0 radical (unpaired) electrons. The van der Waals surface area contributed by atoms with Gasteiger partial charge < -0.3 is 4.42 Å². The summed E-state index contributed by atoms with van der Waals surface area (Å²) in [5, 5.41) is 3.65. The predicted molar refractivity (Wildman–Crippen MR) is 132 cm³/mol. The Kier molecular flexibility index (Phi) is 4.81. The standard InChI is InChI=1S/C29H28FNO/c1-17(2)19-13-22-20-10-6-7-12-25(20)32-28(22)23(14-19)27-21-11-8-9-18(15-29(3,4)5)26(21)24(30)16-31-27/h6-14,16-17H,15H2,1-5H3. The number of fused-ring (bicyclic) bond motifs is 4. The minimum absolute atomic E-state index is 0.0493. The highest BCUT2D eigenvalue weighted by Crippen LogP contribution is 2.41. The van der Waals surface area contributed by atoms with E-state index < -0.39 is 0 Å². The highest BCUT2D eigenvalue weighted by Gasteiger charge is 2.21. The lowest BCUT2D eigenvalue weighted by Gasteiger charge is -2.20. The van der Waals surface area contributed by atoms with Crippen LogP contribution in [0.1, 0.15) is 51.7 Å². The van der Waals surface area contributed by atoms with Gasteiger partial charge in [0.15, 0.2) is 0 Å². The molecule has 0 aliphatic carbocycles. The van der Waals surface area contributed by atoms with Gasteiger partial charge in [0, 0.05) is 27.1 Å². The second-order valence-corrected chi connectivity index (χ2v) is 10.2. The maximum atomic E-state index is 15.1. The summed E-state index contributed by atoms with van der Waals surface area (Å²) in [5.74, 6) is 0.0689. The first-order valence-electron chi connectivity index (χ1n) is 11.2. The van der Waals surface area contributed by atoms with Crippen LogP contribution >= 0.6 is 0 Å². The van der Waals surface area contributed by atoms with Gasteiger partial charge in [0.2, 0.25) is 0 Å². The summed E-state index contributed by atoms with van der Waals surface area (Å²) >= 11 is 0. The van der Waals surface area contributed by atoms with Crippen molar-refractivity contribution >= 4 is 32.7 Å². The molecule has 3 heteroatoms. The Bertz CT molecular complexity index is 1470. The molecule has 0 unspecified atom stereocenters. The minimum Gasteiger partial charge on any atom is -0.455 e. The van der Waals surface area contributed by atoms with Crippen LogP contribution in [0.2, 0.25) is 0 Å². The largest absolute Gasteiger partial charge is 0.455 e. The Hall–Kier alpha value is -3.20. The zero-order valence-corrected chi connectivity index (χ0v) is 19.3. The van der Waals surface area contributed by atoms with E-state index in [0.717, 1.165) is 50.6 Å². The van der Waals surface area contributed by atoms with Crippen molar-refractivity contribution in [1.29, 1.82) is 0 Å². The van der Waals surface area contributed by atoms with Crippen molar-refractivity contribution in [3.63, 3.8) is 0 Å². The molecule has 5 rings (SSSR count). The Morgan fingerprint density at radius 1 is 0.938 bits per heavy atom. The lowest BCUT2D eigenvalue weighted by molar-refractivity contribution is 0.412. The number of aromatic nitrogens is 1. The van der Waals surface area contributed by atoms with Crippen molar-refractivity contribution in [2.24, 2.45) is 5.41 Å². The smallest absolute Gasteiger partial charge is 0.149 e. The number of pyridine rings is 1. The summed E-state index contributed by atoms with van der Waals surface area (Å²) in [6, 6.07) is 18.5. The van der Waals surface area contributed by atoms with E-state index in [1.165, 1.54) is 11.8 Å². The lowest BCUT2D eigenvalue weighted by Crippen LogP contribution is -2.10. The van der Waals surface area contributed by atoms with Gasteiger partial charge in [0.1, 0.15) is 17.0 Å². The maximum Gasteiger partial charge on any atom is 0.149 e. The topological polar surface area (TPSA) is 26.0 Å². The number of rotatable bonds is 3. The monoisotopic (exact) mass is 425 g/mol. The second-order valence-electron chi connectivity index (χ2n) is 10.2. The van der Waals surface area contributed by atoms with Crippen molar-refractivity contribution in [2.75, 3.05) is 0 Å². The lowest BCUT2D eigenvalue weighted by atomic mass is 9.85. The molecule has 162 valence electrons. The van der Waals surface area contributed by atoms with Gasteiger partial charge in [0.05, 0.1) is 11.9 Å². The van der Waals surface area contributed by atoms with Gasteiger partial charge in [-0.15, -0.1) is 0 Å². The SMILES string of the molecule is CC(C)c1cc(-c2ncc(F)c3c(CC(C)(C)C)cccc23)c2oc3ccccc3c2c1.